The Kier molecular flexibility index (Phi) is 6.38. The lowest BCUT2D eigenvalue weighted by Crippen LogP contribution is -2.32. The lowest BCUT2D eigenvalue weighted by molar-refractivity contribution is -0.124. The number of hydrogen-bond donors (Lipinski definition) is 1. The molecule has 7 heteroatoms. The number of carbonyl (C=O) groups excluding carboxylic acids is 2. The first-order valence-electron chi connectivity index (χ1n) is 6.88. The molecule has 0 saturated heterocycles. The Morgan fingerprint density at radius 2 is 1.91 bits per heavy atom. The molecule has 0 aliphatic rings. The second kappa shape index (κ2) is 8.75. The molecular formula is C16H15ClN2O4. The van der Waals surface area contributed by atoms with Crippen molar-refractivity contribution in [2.24, 2.45) is 0 Å². The zero-order valence-corrected chi connectivity index (χ0v) is 13.0. The minimum atomic E-state index is -0.634. The number of esters is 1. The van der Waals surface area contributed by atoms with Gasteiger partial charge >= 0.3 is 5.97 Å². The van der Waals surface area contributed by atoms with E-state index in [0.29, 0.717) is 13.2 Å². The maximum Gasteiger partial charge on any atom is 0.340 e. The fourth-order valence-corrected chi connectivity index (χ4v) is 1.75. The number of pyridine rings is 1. The van der Waals surface area contributed by atoms with Crippen LogP contribution in [0.15, 0.2) is 48.7 Å². The summed E-state index contributed by atoms with van der Waals surface area (Å²) in [7, 11) is 0. The summed E-state index contributed by atoms with van der Waals surface area (Å²) in [5, 5.41) is 2.87. The summed E-state index contributed by atoms with van der Waals surface area (Å²) in [5.74, 6) is -0.315. The maximum atomic E-state index is 11.7. The van der Waals surface area contributed by atoms with Gasteiger partial charge in [-0.25, -0.2) is 9.78 Å². The Balaban J connectivity index is 1.63. The predicted molar refractivity (Wildman–Crippen MR) is 84.5 cm³/mol. The van der Waals surface area contributed by atoms with Gasteiger partial charge in [-0.2, -0.15) is 0 Å². The number of benzene rings is 1. The molecule has 1 amide bonds. The molecule has 0 radical (unpaired) electrons. The van der Waals surface area contributed by atoms with E-state index in [9.17, 15) is 9.59 Å². The molecule has 1 aromatic heterocycles. The van der Waals surface area contributed by atoms with Gasteiger partial charge in [0.15, 0.2) is 6.61 Å². The Morgan fingerprint density at radius 3 is 2.61 bits per heavy atom. The number of aromatic nitrogens is 1. The van der Waals surface area contributed by atoms with Crippen molar-refractivity contribution in [2.45, 2.75) is 0 Å². The predicted octanol–water partition coefficient (Wildman–Crippen LogP) is 2.09. The number of ether oxygens (including phenoxy) is 2. The van der Waals surface area contributed by atoms with Crippen LogP contribution in [0.3, 0.4) is 0 Å². The standard InChI is InChI=1S/C16H15ClN2O4/c17-14-7-6-12(10-19-14)16(21)23-11-15(20)18-8-9-22-13-4-2-1-3-5-13/h1-7,10H,8-9,11H2,(H,18,20). The molecule has 0 spiro atoms. The third-order valence-electron chi connectivity index (χ3n) is 2.73. The molecule has 2 rings (SSSR count). The van der Waals surface area contributed by atoms with Crippen molar-refractivity contribution in [3.63, 3.8) is 0 Å². The minimum Gasteiger partial charge on any atom is -0.492 e. The second-order valence-corrected chi connectivity index (χ2v) is 4.84. The average molecular weight is 335 g/mol. The quantitative estimate of drug-likeness (QED) is 0.476. The smallest absolute Gasteiger partial charge is 0.340 e. The Morgan fingerprint density at radius 1 is 1.13 bits per heavy atom. The minimum absolute atomic E-state index is 0.231. The van der Waals surface area contributed by atoms with Crippen LogP contribution in [-0.2, 0) is 9.53 Å². The highest BCUT2D eigenvalue weighted by atomic mass is 35.5. The van der Waals surface area contributed by atoms with Crippen LogP contribution in [0.25, 0.3) is 0 Å². The van der Waals surface area contributed by atoms with Crippen LogP contribution in [-0.4, -0.2) is 36.6 Å². The first-order valence-corrected chi connectivity index (χ1v) is 7.26. The topological polar surface area (TPSA) is 77.5 Å². The van der Waals surface area contributed by atoms with Gasteiger partial charge in [-0.3, -0.25) is 4.79 Å². The van der Waals surface area contributed by atoms with Gasteiger partial charge in [0, 0.05) is 6.20 Å². The number of halogens is 1. The molecule has 0 bridgehead atoms. The molecule has 0 aliphatic heterocycles. The van der Waals surface area contributed by atoms with E-state index >= 15 is 0 Å². The van der Waals surface area contributed by atoms with Crippen LogP contribution in [0, 0.1) is 0 Å². The van der Waals surface area contributed by atoms with Gasteiger partial charge < -0.3 is 14.8 Å². The van der Waals surface area contributed by atoms with E-state index in [1.54, 1.807) is 0 Å². The number of amides is 1. The normalized spacial score (nSPS) is 9.96. The van der Waals surface area contributed by atoms with Crippen molar-refractivity contribution in [1.29, 1.82) is 0 Å². The van der Waals surface area contributed by atoms with E-state index in [-0.39, 0.29) is 17.3 Å². The van der Waals surface area contributed by atoms with Gasteiger partial charge in [0.05, 0.1) is 12.1 Å². The number of hydrogen-bond acceptors (Lipinski definition) is 5. The van der Waals surface area contributed by atoms with Gasteiger partial charge in [0.2, 0.25) is 0 Å². The molecule has 2 aromatic rings. The van der Waals surface area contributed by atoms with E-state index < -0.39 is 11.9 Å². The maximum absolute atomic E-state index is 11.7. The summed E-state index contributed by atoms with van der Waals surface area (Å²) < 4.78 is 10.3. The number of nitrogens with one attached hydrogen (secondary N) is 1. The molecule has 1 aromatic carbocycles. The number of nitrogens with zero attached hydrogens (tertiary/aromatic N) is 1. The summed E-state index contributed by atoms with van der Waals surface area (Å²) in [5.41, 5.74) is 0.231. The van der Waals surface area contributed by atoms with Gasteiger partial charge in [-0.1, -0.05) is 29.8 Å². The molecule has 23 heavy (non-hydrogen) atoms. The van der Waals surface area contributed by atoms with Crippen molar-refractivity contribution in [1.82, 2.24) is 10.3 Å². The fourth-order valence-electron chi connectivity index (χ4n) is 1.64. The molecule has 0 unspecified atom stereocenters. The fraction of sp³-hybridized carbons (Fsp3) is 0.188. The van der Waals surface area contributed by atoms with E-state index in [1.807, 2.05) is 30.3 Å². The van der Waals surface area contributed by atoms with Crippen molar-refractivity contribution in [3.8, 4) is 5.75 Å². The molecule has 0 fully saturated rings. The first kappa shape index (κ1) is 16.8. The van der Waals surface area contributed by atoms with Gasteiger partial charge in [-0.15, -0.1) is 0 Å². The summed E-state index contributed by atoms with van der Waals surface area (Å²) in [6.45, 7) is 0.269. The van der Waals surface area contributed by atoms with Crippen molar-refractivity contribution in [3.05, 3.63) is 59.4 Å². The van der Waals surface area contributed by atoms with Gasteiger partial charge in [-0.05, 0) is 24.3 Å². The van der Waals surface area contributed by atoms with Crippen LogP contribution in [0.4, 0.5) is 0 Å². The van der Waals surface area contributed by atoms with Crippen LogP contribution in [0.5, 0.6) is 5.75 Å². The molecule has 1 heterocycles. The highest BCUT2D eigenvalue weighted by Crippen LogP contribution is 2.07. The summed E-state index contributed by atoms with van der Waals surface area (Å²) >= 11 is 5.62. The van der Waals surface area contributed by atoms with Gasteiger partial charge in [0.1, 0.15) is 17.5 Å². The molecule has 0 aliphatic carbocycles. The molecule has 6 nitrogen and oxygen atoms in total. The lowest BCUT2D eigenvalue weighted by atomic mass is 10.3. The van der Waals surface area contributed by atoms with E-state index in [4.69, 9.17) is 21.1 Å². The van der Waals surface area contributed by atoms with Crippen molar-refractivity contribution < 1.29 is 19.1 Å². The number of para-hydroxylation sites is 1. The van der Waals surface area contributed by atoms with Crippen LogP contribution < -0.4 is 10.1 Å². The second-order valence-electron chi connectivity index (χ2n) is 4.46. The summed E-state index contributed by atoms with van der Waals surface area (Å²) in [4.78, 5) is 27.0. The van der Waals surface area contributed by atoms with Gasteiger partial charge in [0.25, 0.3) is 5.91 Å². The third kappa shape index (κ3) is 5.96. The Bertz CT molecular complexity index is 647. The molecular weight excluding hydrogens is 320 g/mol. The number of rotatable bonds is 7. The van der Waals surface area contributed by atoms with Crippen molar-refractivity contribution in [2.75, 3.05) is 19.8 Å². The van der Waals surface area contributed by atoms with E-state index in [0.717, 1.165) is 5.75 Å². The van der Waals surface area contributed by atoms with Crippen LogP contribution in [0.1, 0.15) is 10.4 Å². The monoisotopic (exact) mass is 334 g/mol. The SMILES string of the molecule is O=C(COC(=O)c1ccc(Cl)nc1)NCCOc1ccccc1. The zero-order valence-electron chi connectivity index (χ0n) is 12.2. The Hall–Kier alpha value is -2.60. The highest BCUT2D eigenvalue weighted by Gasteiger charge is 2.10. The molecule has 0 atom stereocenters. The largest absolute Gasteiger partial charge is 0.492 e. The third-order valence-corrected chi connectivity index (χ3v) is 2.96. The molecule has 120 valence electrons. The lowest BCUT2D eigenvalue weighted by Gasteiger charge is -2.08. The molecule has 0 saturated carbocycles. The van der Waals surface area contributed by atoms with E-state index in [1.165, 1.54) is 18.3 Å². The van der Waals surface area contributed by atoms with Crippen molar-refractivity contribution >= 4 is 23.5 Å². The molecule has 1 N–H and O–H groups in total. The summed E-state index contributed by atoms with van der Waals surface area (Å²) in [6.07, 6.45) is 1.29. The van der Waals surface area contributed by atoms with Crippen LogP contribution in [0.2, 0.25) is 5.15 Å². The highest BCUT2D eigenvalue weighted by molar-refractivity contribution is 6.29. The average Bonchev–Trinajstić information content (AvgIpc) is 2.58. The van der Waals surface area contributed by atoms with E-state index in [2.05, 4.69) is 10.3 Å². The zero-order chi connectivity index (χ0) is 16.5. The first-order chi connectivity index (χ1) is 11.1. The number of carbonyl (C=O) groups is 2. The summed E-state index contributed by atoms with van der Waals surface area (Å²) in [6, 6.07) is 12.2. The Labute approximate surface area is 138 Å². The van der Waals surface area contributed by atoms with Crippen LogP contribution >= 0.6 is 11.6 Å².